The first-order valence-electron chi connectivity index (χ1n) is 7.87. The number of aliphatic hydroxyl groups is 1. The van der Waals surface area contributed by atoms with Gasteiger partial charge in [-0.2, -0.15) is 10.2 Å². The third-order valence-corrected chi connectivity index (χ3v) is 5.31. The number of aromatic nitrogens is 6. The molecule has 0 aliphatic heterocycles. The summed E-state index contributed by atoms with van der Waals surface area (Å²) in [5.41, 5.74) is 8.65. The minimum atomic E-state index is -0.223. The number of nitrogens with zero attached hydrogens (tertiary/aromatic N) is 5. The van der Waals surface area contributed by atoms with E-state index in [2.05, 4.69) is 20.2 Å². The highest BCUT2D eigenvalue weighted by Gasteiger charge is 2.17. The number of aliphatic hydroxyl groups excluding tert-OH is 1. The predicted molar refractivity (Wildman–Crippen MR) is 99.2 cm³/mol. The molecule has 9 nitrogen and oxygen atoms in total. The summed E-state index contributed by atoms with van der Waals surface area (Å²) in [6, 6.07) is 1.68. The summed E-state index contributed by atoms with van der Waals surface area (Å²) in [6.07, 6.45) is 7.00. The van der Waals surface area contributed by atoms with Crippen molar-refractivity contribution in [1.29, 1.82) is 0 Å². The molecule has 0 saturated carbocycles. The summed E-state index contributed by atoms with van der Waals surface area (Å²) in [7, 11) is 0. The lowest BCUT2D eigenvalue weighted by molar-refractivity contribution is 0.269. The number of thiazole rings is 1. The molecule has 5 aromatic rings. The van der Waals surface area contributed by atoms with Gasteiger partial charge in [-0.05, 0) is 6.07 Å². The van der Waals surface area contributed by atoms with Gasteiger partial charge in [0.25, 0.3) is 5.56 Å². The Morgan fingerprint density at radius 2 is 2.15 bits per heavy atom. The van der Waals surface area contributed by atoms with Crippen LogP contribution in [0.15, 0.2) is 35.6 Å². The SMILES string of the molecule is Nc1cnc2c(c1)[nH]c(=O)c1c2nn2cc(-c3cnn(CCO)c3)sc12. The fourth-order valence-corrected chi connectivity index (χ4v) is 4.08. The van der Waals surface area contributed by atoms with Crippen LogP contribution in [0.1, 0.15) is 0 Å². The molecule has 0 unspecified atom stereocenters. The highest BCUT2D eigenvalue weighted by molar-refractivity contribution is 7.21. The monoisotopic (exact) mass is 367 g/mol. The molecule has 0 radical (unpaired) electrons. The minimum absolute atomic E-state index is 0.0273. The number of nitrogen functional groups attached to an aromatic ring is 1. The van der Waals surface area contributed by atoms with Crippen molar-refractivity contribution in [2.45, 2.75) is 6.54 Å². The fraction of sp³-hybridized carbons (Fsp3) is 0.125. The first kappa shape index (κ1) is 15.0. The number of hydrogen-bond acceptors (Lipinski definition) is 7. The zero-order valence-corrected chi connectivity index (χ0v) is 14.2. The molecule has 0 bridgehead atoms. The third kappa shape index (κ3) is 2.13. The minimum Gasteiger partial charge on any atom is -0.397 e. The molecule has 0 aliphatic rings. The van der Waals surface area contributed by atoms with Crippen LogP contribution in [-0.2, 0) is 6.54 Å². The molecule has 0 aromatic carbocycles. The van der Waals surface area contributed by atoms with E-state index in [1.165, 1.54) is 11.3 Å². The Hall–Kier alpha value is -3.24. The lowest BCUT2D eigenvalue weighted by Crippen LogP contribution is -2.06. The van der Waals surface area contributed by atoms with Gasteiger partial charge >= 0.3 is 0 Å². The summed E-state index contributed by atoms with van der Waals surface area (Å²) in [6.45, 7) is 0.464. The Kier molecular flexibility index (Phi) is 3.11. The molecule has 0 amide bonds. The zero-order chi connectivity index (χ0) is 17.8. The largest absolute Gasteiger partial charge is 0.397 e. The number of fused-ring (bicyclic) bond motifs is 5. The van der Waals surface area contributed by atoms with Crippen molar-refractivity contribution in [3.63, 3.8) is 0 Å². The summed E-state index contributed by atoms with van der Waals surface area (Å²) < 4.78 is 3.37. The molecule has 5 rings (SSSR count). The Morgan fingerprint density at radius 3 is 3.00 bits per heavy atom. The number of rotatable bonds is 3. The molecule has 26 heavy (non-hydrogen) atoms. The van der Waals surface area contributed by atoms with Gasteiger partial charge in [-0.1, -0.05) is 0 Å². The van der Waals surface area contributed by atoms with Gasteiger partial charge in [0.05, 0.1) is 41.6 Å². The normalized spacial score (nSPS) is 11.9. The Balaban J connectivity index is 1.74. The van der Waals surface area contributed by atoms with E-state index in [9.17, 15) is 4.79 Å². The van der Waals surface area contributed by atoms with Crippen LogP contribution in [0.25, 0.3) is 37.2 Å². The highest BCUT2D eigenvalue weighted by Crippen LogP contribution is 2.33. The van der Waals surface area contributed by atoms with Crippen LogP contribution in [0.3, 0.4) is 0 Å². The maximum atomic E-state index is 12.6. The van der Waals surface area contributed by atoms with E-state index in [-0.39, 0.29) is 12.2 Å². The van der Waals surface area contributed by atoms with Gasteiger partial charge in [-0.15, -0.1) is 11.3 Å². The summed E-state index contributed by atoms with van der Waals surface area (Å²) in [5, 5.41) is 18.3. The average molecular weight is 367 g/mol. The van der Waals surface area contributed by atoms with Gasteiger partial charge in [-0.25, -0.2) is 4.52 Å². The van der Waals surface area contributed by atoms with Gasteiger partial charge in [-0.3, -0.25) is 14.5 Å². The van der Waals surface area contributed by atoms with E-state index in [4.69, 9.17) is 10.8 Å². The number of nitrogens with one attached hydrogen (secondary N) is 1. The van der Waals surface area contributed by atoms with Crippen LogP contribution in [-0.4, -0.2) is 41.1 Å². The van der Waals surface area contributed by atoms with Crippen molar-refractivity contribution in [1.82, 2.24) is 29.4 Å². The second-order valence-electron chi connectivity index (χ2n) is 5.90. The van der Waals surface area contributed by atoms with Gasteiger partial charge in [0.15, 0.2) is 0 Å². The lowest BCUT2D eigenvalue weighted by Gasteiger charge is -1.99. The maximum Gasteiger partial charge on any atom is 0.261 e. The van der Waals surface area contributed by atoms with E-state index in [0.717, 1.165) is 15.3 Å². The van der Waals surface area contributed by atoms with E-state index in [0.29, 0.717) is 34.2 Å². The molecular formula is C16H13N7O2S. The number of pyridine rings is 2. The van der Waals surface area contributed by atoms with Crippen molar-refractivity contribution in [2.24, 2.45) is 0 Å². The summed E-state index contributed by atoms with van der Waals surface area (Å²) in [4.78, 5) is 21.4. The quantitative estimate of drug-likeness (QED) is 0.440. The third-order valence-electron chi connectivity index (χ3n) is 4.17. The van der Waals surface area contributed by atoms with Gasteiger partial charge in [0, 0.05) is 18.0 Å². The molecule has 5 heterocycles. The standard InChI is InChI=1S/C16H13N7O2S/c17-9-3-10-13(18-5-9)14-12(15(25)20-10)16-23(21-14)7-11(26-16)8-4-19-22(6-8)1-2-24/h3-7,24H,1-2,17H2,(H,20,25). The van der Waals surface area contributed by atoms with Crippen molar-refractivity contribution >= 4 is 43.8 Å². The number of aromatic amines is 1. The molecular weight excluding hydrogens is 354 g/mol. The van der Waals surface area contributed by atoms with Crippen molar-refractivity contribution in [2.75, 3.05) is 12.3 Å². The Morgan fingerprint density at radius 1 is 1.27 bits per heavy atom. The van der Waals surface area contributed by atoms with Gasteiger partial charge < -0.3 is 15.8 Å². The molecule has 0 saturated heterocycles. The first-order chi connectivity index (χ1) is 12.6. The maximum absolute atomic E-state index is 12.6. The summed E-state index contributed by atoms with van der Waals surface area (Å²) in [5.74, 6) is 0. The zero-order valence-electron chi connectivity index (χ0n) is 13.4. The smallest absolute Gasteiger partial charge is 0.261 e. The predicted octanol–water partition coefficient (Wildman–Crippen LogP) is 1.22. The van der Waals surface area contributed by atoms with Crippen LogP contribution in [0.4, 0.5) is 5.69 Å². The van der Waals surface area contributed by atoms with Crippen molar-refractivity contribution in [3.8, 4) is 10.4 Å². The van der Waals surface area contributed by atoms with Gasteiger partial charge in [0.1, 0.15) is 21.3 Å². The molecule has 5 aromatic heterocycles. The number of anilines is 1. The van der Waals surface area contributed by atoms with Crippen molar-refractivity contribution < 1.29 is 5.11 Å². The Labute approximate surface area is 149 Å². The number of nitrogens with two attached hydrogens (primary N) is 1. The fourth-order valence-electron chi connectivity index (χ4n) is 3.02. The summed E-state index contributed by atoms with van der Waals surface area (Å²) >= 11 is 1.46. The number of hydrogen-bond donors (Lipinski definition) is 3. The van der Waals surface area contributed by atoms with Crippen LogP contribution in [0.5, 0.6) is 0 Å². The molecule has 130 valence electrons. The van der Waals surface area contributed by atoms with E-state index < -0.39 is 0 Å². The Bertz CT molecular complexity index is 1340. The number of H-pyrrole nitrogens is 1. The lowest BCUT2D eigenvalue weighted by atomic mass is 10.2. The first-order valence-corrected chi connectivity index (χ1v) is 8.69. The van der Waals surface area contributed by atoms with Crippen molar-refractivity contribution in [3.05, 3.63) is 41.2 Å². The van der Waals surface area contributed by atoms with Crippen LogP contribution in [0, 0.1) is 0 Å². The van der Waals surface area contributed by atoms with E-state index in [1.807, 2.05) is 12.4 Å². The second-order valence-corrected chi connectivity index (χ2v) is 6.93. The van der Waals surface area contributed by atoms with Crippen LogP contribution >= 0.6 is 11.3 Å². The average Bonchev–Trinajstić information content (AvgIpc) is 3.28. The molecule has 0 spiro atoms. The molecule has 0 atom stereocenters. The molecule has 0 fully saturated rings. The van der Waals surface area contributed by atoms with Gasteiger partial charge in [0.2, 0.25) is 0 Å². The van der Waals surface area contributed by atoms with Crippen LogP contribution < -0.4 is 11.3 Å². The van der Waals surface area contributed by atoms with E-state index >= 15 is 0 Å². The highest BCUT2D eigenvalue weighted by atomic mass is 32.1. The molecule has 4 N–H and O–H groups in total. The van der Waals surface area contributed by atoms with Crippen LogP contribution in [0.2, 0.25) is 0 Å². The second kappa shape index (κ2) is 5.38. The van der Waals surface area contributed by atoms with E-state index in [1.54, 1.807) is 27.7 Å². The topological polar surface area (TPSA) is 127 Å². The molecule has 0 aliphatic carbocycles. The molecule has 10 heteroatoms.